The molecule has 3 rings (SSSR count). The lowest BCUT2D eigenvalue weighted by Crippen LogP contribution is -2.24. The summed E-state index contributed by atoms with van der Waals surface area (Å²) in [4.78, 5) is 2.20. The quantitative estimate of drug-likeness (QED) is 0.524. The van der Waals surface area contributed by atoms with Gasteiger partial charge in [-0.1, -0.05) is 11.3 Å². The van der Waals surface area contributed by atoms with Gasteiger partial charge in [-0.25, -0.2) is 0 Å². The number of benzene rings is 2. The van der Waals surface area contributed by atoms with E-state index in [2.05, 4.69) is 5.10 Å². The van der Waals surface area contributed by atoms with Gasteiger partial charge < -0.3 is 14.4 Å². The zero-order chi connectivity index (χ0) is 19.6. The van der Waals surface area contributed by atoms with Crippen molar-refractivity contribution >= 4 is 22.9 Å². The standard InChI is InChI=1S/C19H21N5O2S/c1-23(2)14-8-5-12(6-9-14)18-22-24(19(21)27-18)17(20)13-7-10-15(25-3)16(11-13)26-4/h5-11,20-21H,1-4H3. The number of methoxy groups -OCH3 is 2. The van der Waals surface area contributed by atoms with Crippen LogP contribution in [0.4, 0.5) is 5.69 Å². The van der Waals surface area contributed by atoms with Gasteiger partial charge in [0.2, 0.25) is 4.80 Å². The molecule has 1 aromatic heterocycles. The van der Waals surface area contributed by atoms with Gasteiger partial charge in [-0.2, -0.15) is 9.78 Å². The van der Waals surface area contributed by atoms with Crippen LogP contribution in [0.2, 0.25) is 0 Å². The van der Waals surface area contributed by atoms with E-state index >= 15 is 0 Å². The normalized spacial score (nSPS) is 10.5. The molecule has 0 aliphatic heterocycles. The highest BCUT2D eigenvalue weighted by atomic mass is 32.1. The number of ether oxygens (including phenoxy) is 2. The topological polar surface area (TPSA) is 87.2 Å². The number of anilines is 1. The third kappa shape index (κ3) is 3.70. The first kappa shape index (κ1) is 18.7. The molecule has 0 bridgehead atoms. The van der Waals surface area contributed by atoms with E-state index in [0.29, 0.717) is 22.1 Å². The zero-order valence-corrected chi connectivity index (χ0v) is 16.4. The predicted octanol–water partition coefficient (Wildman–Crippen LogP) is 3.05. The second-order valence-corrected chi connectivity index (χ2v) is 6.96. The van der Waals surface area contributed by atoms with E-state index in [1.165, 1.54) is 16.0 Å². The highest BCUT2D eigenvalue weighted by molar-refractivity contribution is 7.12. The first-order chi connectivity index (χ1) is 12.9. The van der Waals surface area contributed by atoms with Gasteiger partial charge in [0.15, 0.2) is 17.3 Å². The molecule has 0 aliphatic carbocycles. The summed E-state index contributed by atoms with van der Waals surface area (Å²) in [6.07, 6.45) is 0. The van der Waals surface area contributed by atoms with Crippen LogP contribution in [0.15, 0.2) is 42.5 Å². The first-order valence-electron chi connectivity index (χ1n) is 8.18. The molecule has 0 amide bonds. The van der Waals surface area contributed by atoms with Crippen LogP contribution in [-0.4, -0.2) is 43.9 Å². The lowest BCUT2D eigenvalue weighted by molar-refractivity contribution is 0.355. The van der Waals surface area contributed by atoms with Crippen molar-refractivity contribution in [3.05, 3.63) is 52.8 Å². The van der Waals surface area contributed by atoms with Crippen molar-refractivity contribution in [1.82, 2.24) is 9.78 Å². The summed E-state index contributed by atoms with van der Waals surface area (Å²) in [6.45, 7) is 0. The Kier molecular flexibility index (Phi) is 5.27. The summed E-state index contributed by atoms with van der Waals surface area (Å²) in [6, 6.07) is 13.1. The number of hydrogen-bond donors (Lipinski definition) is 2. The molecule has 2 N–H and O–H groups in total. The summed E-state index contributed by atoms with van der Waals surface area (Å²) < 4.78 is 11.9. The Morgan fingerprint density at radius 3 is 2.30 bits per heavy atom. The monoisotopic (exact) mass is 383 g/mol. The molecule has 3 aromatic rings. The number of rotatable bonds is 5. The fourth-order valence-electron chi connectivity index (χ4n) is 2.57. The number of nitrogens with zero attached hydrogens (tertiary/aromatic N) is 3. The molecule has 2 aromatic carbocycles. The summed E-state index contributed by atoms with van der Waals surface area (Å²) in [5.74, 6) is 1.22. The van der Waals surface area contributed by atoms with Gasteiger partial charge in [0, 0.05) is 30.9 Å². The highest BCUT2D eigenvalue weighted by Crippen LogP contribution is 2.28. The van der Waals surface area contributed by atoms with E-state index in [9.17, 15) is 0 Å². The average molecular weight is 383 g/mol. The third-order valence-corrected chi connectivity index (χ3v) is 4.95. The van der Waals surface area contributed by atoms with Crippen molar-refractivity contribution in [2.75, 3.05) is 33.2 Å². The van der Waals surface area contributed by atoms with E-state index in [1.54, 1.807) is 32.4 Å². The van der Waals surface area contributed by atoms with Crippen LogP contribution in [-0.2, 0) is 0 Å². The zero-order valence-electron chi connectivity index (χ0n) is 15.6. The van der Waals surface area contributed by atoms with E-state index in [0.717, 1.165) is 11.3 Å². The SMILES string of the molecule is COc1ccc(C(=N)n2nc(-c3ccc(N(C)C)cc3)sc2=N)cc1OC. The molecule has 0 radical (unpaired) electrons. The van der Waals surface area contributed by atoms with Gasteiger partial charge in [-0.15, -0.1) is 0 Å². The number of hydrogen-bond acceptors (Lipinski definition) is 7. The number of aromatic nitrogens is 2. The van der Waals surface area contributed by atoms with Crippen LogP contribution in [0.3, 0.4) is 0 Å². The maximum atomic E-state index is 8.46. The third-order valence-electron chi connectivity index (χ3n) is 4.08. The van der Waals surface area contributed by atoms with Gasteiger partial charge in [0.25, 0.3) is 0 Å². The average Bonchev–Trinajstić information content (AvgIpc) is 3.08. The van der Waals surface area contributed by atoms with E-state index < -0.39 is 0 Å². The predicted molar refractivity (Wildman–Crippen MR) is 107 cm³/mol. The molecule has 27 heavy (non-hydrogen) atoms. The minimum absolute atomic E-state index is 0.105. The second kappa shape index (κ2) is 7.63. The second-order valence-electron chi connectivity index (χ2n) is 5.98. The lowest BCUT2D eigenvalue weighted by atomic mass is 10.2. The molecular formula is C19H21N5O2S. The Morgan fingerprint density at radius 2 is 1.70 bits per heavy atom. The van der Waals surface area contributed by atoms with Gasteiger partial charge in [0.05, 0.1) is 14.2 Å². The largest absolute Gasteiger partial charge is 0.493 e. The Bertz CT molecular complexity index is 1020. The van der Waals surface area contributed by atoms with Gasteiger partial charge in [-0.3, -0.25) is 10.8 Å². The fraction of sp³-hybridized carbons (Fsp3) is 0.211. The van der Waals surface area contributed by atoms with Crippen molar-refractivity contribution in [2.24, 2.45) is 0 Å². The Balaban J connectivity index is 1.94. The first-order valence-corrected chi connectivity index (χ1v) is 9.00. The van der Waals surface area contributed by atoms with Crippen LogP contribution in [0.5, 0.6) is 11.5 Å². The van der Waals surface area contributed by atoms with Crippen molar-refractivity contribution in [1.29, 1.82) is 10.8 Å². The smallest absolute Gasteiger partial charge is 0.206 e. The minimum Gasteiger partial charge on any atom is -0.493 e. The molecule has 1 heterocycles. The van der Waals surface area contributed by atoms with Crippen LogP contribution < -0.4 is 19.2 Å². The summed E-state index contributed by atoms with van der Waals surface area (Å²) in [7, 11) is 7.08. The van der Waals surface area contributed by atoms with Crippen LogP contribution in [0.1, 0.15) is 5.56 Å². The van der Waals surface area contributed by atoms with E-state index in [-0.39, 0.29) is 10.6 Å². The molecule has 0 atom stereocenters. The van der Waals surface area contributed by atoms with E-state index in [4.69, 9.17) is 20.3 Å². The minimum atomic E-state index is 0.105. The molecule has 0 unspecified atom stereocenters. The van der Waals surface area contributed by atoms with Gasteiger partial charge in [-0.05, 0) is 42.5 Å². The Hall–Kier alpha value is -3.13. The maximum Gasteiger partial charge on any atom is 0.206 e. The summed E-state index contributed by atoms with van der Waals surface area (Å²) in [5.41, 5.74) is 2.59. The van der Waals surface area contributed by atoms with Crippen molar-refractivity contribution in [2.45, 2.75) is 0 Å². The van der Waals surface area contributed by atoms with Crippen molar-refractivity contribution < 1.29 is 9.47 Å². The Labute approximate surface area is 161 Å². The van der Waals surface area contributed by atoms with Gasteiger partial charge in [0.1, 0.15) is 5.01 Å². The molecule has 0 saturated heterocycles. The molecule has 0 spiro atoms. The molecular weight excluding hydrogens is 362 g/mol. The molecule has 8 heteroatoms. The summed E-state index contributed by atoms with van der Waals surface area (Å²) >= 11 is 1.23. The van der Waals surface area contributed by atoms with E-state index in [1.807, 2.05) is 43.3 Å². The molecule has 0 saturated carbocycles. The van der Waals surface area contributed by atoms with Crippen molar-refractivity contribution in [3.8, 4) is 22.1 Å². The van der Waals surface area contributed by atoms with Crippen LogP contribution >= 0.6 is 11.3 Å². The molecule has 0 aliphatic rings. The highest BCUT2D eigenvalue weighted by Gasteiger charge is 2.14. The van der Waals surface area contributed by atoms with Crippen molar-refractivity contribution in [3.63, 3.8) is 0 Å². The van der Waals surface area contributed by atoms with Crippen LogP contribution in [0, 0.1) is 10.8 Å². The Morgan fingerprint density at radius 1 is 1.04 bits per heavy atom. The summed E-state index contributed by atoms with van der Waals surface area (Å²) in [5, 5.41) is 21.8. The fourth-order valence-corrected chi connectivity index (χ4v) is 3.35. The molecule has 7 nitrogen and oxygen atoms in total. The molecule has 140 valence electrons. The van der Waals surface area contributed by atoms with Crippen LogP contribution in [0.25, 0.3) is 10.6 Å². The number of nitrogens with one attached hydrogen (secondary N) is 2. The van der Waals surface area contributed by atoms with Gasteiger partial charge >= 0.3 is 0 Å². The lowest BCUT2D eigenvalue weighted by Gasteiger charge is -2.12. The maximum absolute atomic E-state index is 8.46. The molecule has 0 fully saturated rings.